The second-order valence-corrected chi connectivity index (χ2v) is 5.42. The van der Waals surface area contributed by atoms with Crippen LogP contribution < -0.4 is 0 Å². The van der Waals surface area contributed by atoms with Crippen LogP contribution in [0.4, 0.5) is 0 Å². The number of hydrogen-bond acceptors (Lipinski definition) is 3. The molecule has 1 aliphatic rings. The van der Waals surface area contributed by atoms with Gasteiger partial charge in [0.05, 0.1) is 11.6 Å². The molecule has 2 atom stereocenters. The molecule has 96 valence electrons. The second kappa shape index (κ2) is 4.74. The van der Waals surface area contributed by atoms with E-state index in [9.17, 15) is 4.79 Å². The van der Waals surface area contributed by atoms with Gasteiger partial charge in [0.2, 0.25) is 0 Å². The molecule has 0 aliphatic heterocycles. The van der Waals surface area contributed by atoms with Crippen molar-refractivity contribution in [1.29, 1.82) is 0 Å². The molecule has 3 rings (SSSR count). The van der Waals surface area contributed by atoms with Crippen LogP contribution >= 0.6 is 15.9 Å². The Balaban J connectivity index is 1.93. The molecule has 1 aromatic heterocycles. The Bertz CT molecular complexity index is 645. The van der Waals surface area contributed by atoms with Crippen LogP contribution in [-0.4, -0.2) is 21.0 Å². The van der Waals surface area contributed by atoms with E-state index in [1.807, 2.05) is 30.3 Å². The molecule has 0 bridgehead atoms. The number of nitrogens with zero attached hydrogens (tertiary/aromatic N) is 2. The highest BCUT2D eigenvalue weighted by atomic mass is 79.9. The topological polar surface area (TPSA) is 63.1 Å². The Hall–Kier alpha value is -1.75. The minimum absolute atomic E-state index is 0.0417. The van der Waals surface area contributed by atoms with Gasteiger partial charge in [-0.25, -0.2) is 9.97 Å². The zero-order valence-electron chi connectivity index (χ0n) is 9.95. The maximum Gasteiger partial charge on any atom is 0.307 e. The largest absolute Gasteiger partial charge is 0.481 e. The molecule has 4 nitrogen and oxygen atoms in total. The van der Waals surface area contributed by atoms with E-state index in [0.29, 0.717) is 12.2 Å². The van der Waals surface area contributed by atoms with Gasteiger partial charge in [0, 0.05) is 22.2 Å². The summed E-state index contributed by atoms with van der Waals surface area (Å²) in [5.74, 6) is -0.505. The summed E-state index contributed by atoms with van der Waals surface area (Å²) in [6.45, 7) is 0. The van der Waals surface area contributed by atoms with Crippen molar-refractivity contribution in [3.05, 3.63) is 46.8 Å². The van der Waals surface area contributed by atoms with Gasteiger partial charge in [0.25, 0.3) is 0 Å². The summed E-state index contributed by atoms with van der Waals surface area (Å²) in [6.07, 6.45) is 2.32. The van der Waals surface area contributed by atoms with Gasteiger partial charge in [-0.05, 0) is 18.6 Å². The third-order valence-corrected chi connectivity index (χ3v) is 3.95. The smallest absolute Gasteiger partial charge is 0.307 e. The van der Waals surface area contributed by atoms with E-state index in [-0.39, 0.29) is 11.8 Å². The first-order valence-electron chi connectivity index (χ1n) is 5.97. The molecule has 1 aromatic carbocycles. The molecule has 5 heteroatoms. The van der Waals surface area contributed by atoms with Gasteiger partial charge < -0.3 is 5.11 Å². The van der Waals surface area contributed by atoms with Crippen molar-refractivity contribution in [2.24, 2.45) is 5.92 Å². The second-order valence-electron chi connectivity index (χ2n) is 4.57. The van der Waals surface area contributed by atoms with E-state index in [2.05, 4.69) is 25.9 Å². The zero-order valence-corrected chi connectivity index (χ0v) is 11.5. The number of carbonyl (C=O) groups is 1. The molecule has 0 amide bonds. The van der Waals surface area contributed by atoms with Gasteiger partial charge in [0.1, 0.15) is 5.82 Å². The van der Waals surface area contributed by atoms with Crippen LogP contribution in [-0.2, 0) is 4.79 Å². The Morgan fingerprint density at radius 2 is 2.11 bits per heavy atom. The van der Waals surface area contributed by atoms with Crippen LogP contribution in [0.3, 0.4) is 0 Å². The molecule has 2 unspecified atom stereocenters. The molecular weight excluding hydrogens is 308 g/mol. The van der Waals surface area contributed by atoms with Crippen molar-refractivity contribution < 1.29 is 9.90 Å². The molecule has 19 heavy (non-hydrogen) atoms. The monoisotopic (exact) mass is 318 g/mol. The summed E-state index contributed by atoms with van der Waals surface area (Å²) in [6, 6.07) is 9.64. The maximum absolute atomic E-state index is 10.9. The number of carboxylic acids is 1. The van der Waals surface area contributed by atoms with Crippen molar-refractivity contribution in [2.45, 2.75) is 12.3 Å². The minimum atomic E-state index is -0.764. The number of aromatic nitrogens is 2. The van der Waals surface area contributed by atoms with E-state index in [1.165, 1.54) is 0 Å². The Morgan fingerprint density at radius 3 is 2.79 bits per heavy atom. The Labute approximate surface area is 118 Å². The first-order valence-corrected chi connectivity index (χ1v) is 6.77. The first-order chi connectivity index (χ1) is 9.16. The van der Waals surface area contributed by atoms with Gasteiger partial charge in [-0.1, -0.05) is 34.1 Å². The van der Waals surface area contributed by atoms with E-state index in [0.717, 1.165) is 15.7 Å². The number of halogens is 1. The minimum Gasteiger partial charge on any atom is -0.481 e. The molecule has 1 heterocycles. The molecule has 1 aliphatic carbocycles. The first kappa shape index (κ1) is 12.3. The Morgan fingerprint density at radius 1 is 1.32 bits per heavy atom. The summed E-state index contributed by atoms with van der Waals surface area (Å²) in [5.41, 5.74) is 1.80. The summed E-state index contributed by atoms with van der Waals surface area (Å²) in [7, 11) is 0. The van der Waals surface area contributed by atoms with Gasteiger partial charge in [0.15, 0.2) is 0 Å². The molecule has 1 N–H and O–H groups in total. The van der Waals surface area contributed by atoms with Crippen LogP contribution in [0, 0.1) is 5.92 Å². The molecule has 0 radical (unpaired) electrons. The van der Waals surface area contributed by atoms with Gasteiger partial charge in [-0.3, -0.25) is 4.79 Å². The fraction of sp³-hybridized carbons (Fsp3) is 0.214. The number of aliphatic carboxylic acids is 1. The number of carboxylic acid groups (broad SMARTS) is 1. The molecule has 2 aromatic rings. The van der Waals surface area contributed by atoms with Crippen molar-refractivity contribution in [1.82, 2.24) is 9.97 Å². The van der Waals surface area contributed by atoms with Gasteiger partial charge in [-0.15, -0.1) is 0 Å². The highest BCUT2D eigenvalue weighted by Crippen LogP contribution is 2.46. The number of rotatable bonds is 3. The Kier molecular flexibility index (Phi) is 3.06. The summed E-state index contributed by atoms with van der Waals surface area (Å²) in [5, 5.41) is 8.95. The third-order valence-electron chi connectivity index (χ3n) is 3.26. The fourth-order valence-corrected chi connectivity index (χ4v) is 2.61. The van der Waals surface area contributed by atoms with E-state index in [4.69, 9.17) is 5.11 Å². The summed E-state index contributed by atoms with van der Waals surface area (Å²) in [4.78, 5) is 19.6. The molecule has 1 saturated carbocycles. The standard InChI is InChI=1S/C14H11BrN2O2/c15-11-4-2-1-3-8(11)12-5-6-16-13(17-12)9-7-10(9)14(18)19/h1-6,9-10H,7H2,(H,18,19). The molecule has 0 spiro atoms. The van der Waals surface area contributed by atoms with Gasteiger partial charge in [-0.2, -0.15) is 0 Å². The summed E-state index contributed by atoms with van der Waals surface area (Å²) >= 11 is 3.49. The lowest BCUT2D eigenvalue weighted by atomic mass is 10.1. The number of hydrogen-bond donors (Lipinski definition) is 1. The highest BCUT2D eigenvalue weighted by molar-refractivity contribution is 9.10. The normalized spacial score (nSPS) is 21.1. The SMILES string of the molecule is O=C(O)C1CC1c1nccc(-c2ccccc2Br)n1. The van der Waals surface area contributed by atoms with Crippen LogP contribution in [0.25, 0.3) is 11.3 Å². The van der Waals surface area contributed by atoms with Crippen LogP contribution in [0.2, 0.25) is 0 Å². The quantitative estimate of drug-likeness (QED) is 0.944. The summed E-state index contributed by atoms with van der Waals surface area (Å²) < 4.78 is 0.963. The van der Waals surface area contributed by atoms with Crippen molar-refractivity contribution in [3.63, 3.8) is 0 Å². The molecule has 1 fully saturated rings. The lowest BCUT2D eigenvalue weighted by molar-refractivity contribution is -0.138. The average Bonchev–Trinajstić information content (AvgIpc) is 3.20. The highest BCUT2D eigenvalue weighted by Gasteiger charge is 2.46. The van der Waals surface area contributed by atoms with Crippen molar-refractivity contribution in [3.8, 4) is 11.3 Å². The van der Waals surface area contributed by atoms with Crippen molar-refractivity contribution in [2.75, 3.05) is 0 Å². The van der Waals surface area contributed by atoms with Crippen LogP contribution in [0.1, 0.15) is 18.2 Å². The maximum atomic E-state index is 10.9. The van der Waals surface area contributed by atoms with E-state index < -0.39 is 5.97 Å². The van der Waals surface area contributed by atoms with Crippen molar-refractivity contribution >= 4 is 21.9 Å². The van der Waals surface area contributed by atoms with Crippen LogP contribution in [0.15, 0.2) is 41.0 Å². The fourth-order valence-electron chi connectivity index (χ4n) is 2.12. The predicted molar refractivity (Wildman–Crippen MR) is 73.7 cm³/mol. The van der Waals surface area contributed by atoms with E-state index >= 15 is 0 Å². The average molecular weight is 319 g/mol. The zero-order chi connectivity index (χ0) is 13.4. The predicted octanol–water partition coefficient (Wildman–Crippen LogP) is 3.09. The lowest BCUT2D eigenvalue weighted by Crippen LogP contribution is -2.02. The molecule has 0 saturated heterocycles. The van der Waals surface area contributed by atoms with E-state index in [1.54, 1.807) is 6.20 Å². The third kappa shape index (κ3) is 2.38. The molecular formula is C14H11BrN2O2. The van der Waals surface area contributed by atoms with Gasteiger partial charge >= 0.3 is 5.97 Å². The van der Waals surface area contributed by atoms with Crippen LogP contribution in [0.5, 0.6) is 0 Å². The lowest BCUT2D eigenvalue weighted by Gasteiger charge is -2.05. The number of benzene rings is 1.